The molecule has 0 aromatic heterocycles. The summed E-state index contributed by atoms with van der Waals surface area (Å²) in [6.07, 6.45) is -1.32. The summed E-state index contributed by atoms with van der Waals surface area (Å²) in [7, 11) is 0. The van der Waals surface area contributed by atoms with Crippen LogP contribution in [-0.4, -0.2) is 25.7 Å². The third-order valence-electron chi connectivity index (χ3n) is 3.36. The molecule has 0 fully saturated rings. The standard InChI is InChI=1S/C15H10Cl4N4O5/c16-11-3-1-2-4-12(11)20-14(15(17,18)19)21-13(24)8-5-9(22(25)26)7-10(6-8)23(27)28/h1-7,14,20H,(H,21,24). The molecule has 28 heavy (non-hydrogen) atoms. The number of para-hydroxylation sites is 1. The summed E-state index contributed by atoms with van der Waals surface area (Å²) in [6, 6.07) is 8.90. The van der Waals surface area contributed by atoms with Crippen LogP contribution < -0.4 is 10.6 Å². The number of alkyl halides is 3. The van der Waals surface area contributed by atoms with Crippen molar-refractivity contribution >= 4 is 69.4 Å². The number of rotatable bonds is 6. The molecule has 1 unspecified atom stereocenters. The molecule has 0 spiro atoms. The number of hydrogen-bond donors (Lipinski definition) is 2. The van der Waals surface area contributed by atoms with Gasteiger partial charge < -0.3 is 10.6 Å². The van der Waals surface area contributed by atoms with Gasteiger partial charge in [-0.05, 0) is 12.1 Å². The molecule has 1 amide bonds. The average Bonchev–Trinajstić information content (AvgIpc) is 2.61. The highest BCUT2D eigenvalue weighted by atomic mass is 35.6. The molecule has 9 nitrogen and oxygen atoms in total. The first-order valence-electron chi connectivity index (χ1n) is 7.31. The number of anilines is 1. The number of carbonyl (C=O) groups is 1. The molecule has 0 aliphatic carbocycles. The minimum Gasteiger partial charge on any atom is -0.361 e. The van der Waals surface area contributed by atoms with Gasteiger partial charge in [0, 0.05) is 12.1 Å². The van der Waals surface area contributed by atoms with Crippen LogP contribution in [0.5, 0.6) is 0 Å². The zero-order valence-electron chi connectivity index (χ0n) is 13.6. The summed E-state index contributed by atoms with van der Waals surface area (Å²) < 4.78 is -2.05. The van der Waals surface area contributed by atoms with Gasteiger partial charge in [-0.25, -0.2) is 0 Å². The Morgan fingerprint density at radius 2 is 1.54 bits per heavy atom. The third-order valence-corrected chi connectivity index (χ3v) is 4.35. The summed E-state index contributed by atoms with van der Waals surface area (Å²) in [5.74, 6) is -0.942. The monoisotopic (exact) mass is 466 g/mol. The molecule has 0 saturated heterocycles. The number of nitro benzene ring substituents is 2. The maximum Gasteiger partial charge on any atom is 0.277 e. The maximum absolute atomic E-state index is 12.5. The van der Waals surface area contributed by atoms with Crippen LogP contribution in [0, 0.1) is 20.2 Å². The van der Waals surface area contributed by atoms with E-state index in [4.69, 9.17) is 46.4 Å². The predicted octanol–water partition coefficient (Wildman–Crippen LogP) is 4.69. The van der Waals surface area contributed by atoms with Crippen LogP contribution in [0.1, 0.15) is 10.4 Å². The maximum atomic E-state index is 12.5. The quantitative estimate of drug-likeness (QED) is 0.274. The molecule has 0 heterocycles. The topological polar surface area (TPSA) is 127 Å². The van der Waals surface area contributed by atoms with Crippen molar-refractivity contribution in [3.05, 3.63) is 73.3 Å². The van der Waals surface area contributed by atoms with Crippen molar-refractivity contribution in [2.75, 3.05) is 5.32 Å². The predicted molar refractivity (Wildman–Crippen MR) is 106 cm³/mol. The molecule has 0 radical (unpaired) electrons. The Bertz CT molecular complexity index is 903. The van der Waals surface area contributed by atoms with Gasteiger partial charge in [-0.1, -0.05) is 58.5 Å². The van der Waals surface area contributed by atoms with Gasteiger partial charge in [0.1, 0.15) is 6.17 Å². The highest BCUT2D eigenvalue weighted by Gasteiger charge is 2.35. The molecule has 0 aliphatic rings. The lowest BCUT2D eigenvalue weighted by atomic mass is 10.1. The van der Waals surface area contributed by atoms with Crippen molar-refractivity contribution < 1.29 is 14.6 Å². The fraction of sp³-hybridized carbons (Fsp3) is 0.133. The first-order valence-corrected chi connectivity index (χ1v) is 8.82. The van der Waals surface area contributed by atoms with Crippen LogP contribution in [0.15, 0.2) is 42.5 Å². The van der Waals surface area contributed by atoms with E-state index in [1.807, 2.05) is 0 Å². The molecule has 0 bridgehead atoms. The minimum atomic E-state index is -2.05. The zero-order chi connectivity index (χ0) is 21.1. The van der Waals surface area contributed by atoms with Crippen LogP contribution in [0.4, 0.5) is 17.1 Å². The van der Waals surface area contributed by atoms with Gasteiger partial charge in [0.25, 0.3) is 17.3 Å². The van der Waals surface area contributed by atoms with E-state index in [9.17, 15) is 25.0 Å². The Hall–Kier alpha value is -2.33. The molecule has 148 valence electrons. The average molecular weight is 468 g/mol. The number of halogens is 4. The van der Waals surface area contributed by atoms with E-state index < -0.39 is 37.1 Å². The number of non-ortho nitro benzene ring substituents is 2. The second-order valence-corrected chi connectivity index (χ2v) is 8.10. The number of amides is 1. The van der Waals surface area contributed by atoms with E-state index in [2.05, 4.69) is 10.6 Å². The van der Waals surface area contributed by atoms with Crippen LogP contribution in [0.3, 0.4) is 0 Å². The Kier molecular flexibility index (Phi) is 6.89. The fourth-order valence-electron chi connectivity index (χ4n) is 2.09. The van der Waals surface area contributed by atoms with E-state index in [0.29, 0.717) is 5.69 Å². The summed E-state index contributed by atoms with van der Waals surface area (Å²) in [6.45, 7) is 0. The van der Waals surface area contributed by atoms with Crippen molar-refractivity contribution in [1.29, 1.82) is 0 Å². The largest absolute Gasteiger partial charge is 0.361 e. The normalized spacial score (nSPS) is 12.1. The Morgan fingerprint density at radius 3 is 2.00 bits per heavy atom. The van der Waals surface area contributed by atoms with Crippen molar-refractivity contribution in [1.82, 2.24) is 5.32 Å². The first kappa shape index (κ1) is 22.0. The van der Waals surface area contributed by atoms with Gasteiger partial charge in [0.2, 0.25) is 3.79 Å². The molecular formula is C15H10Cl4N4O5. The van der Waals surface area contributed by atoms with Crippen molar-refractivity contribution in [2.45, 2.75) is 9.96 Å². The fourth-order valence-corrected chi connectivity index (χ4v) is 2.60. The number of benzene rings is 2. The van der Waals surface area contributed by atoms with Crippen LogP contribution in [0.25, 0.3) is 0 Å². The summed E-state index contributed by atoms with van der Waals surface area (Å²) in [4.78, 5) is 32.7. The number of nitrogens with one attached hydrogen (secondary N) is 2. The molecule has 2 N–H and O–H groups in total. The zero-order valence-corrected chi connectivity index (χ0v) is 16.6. The first-order chi connectivity index (χ1) is 13.0. The summed E-state index contributed by atoms with van der Waals surface area (Å²) in [5.41, 5.74) is -1.29. The van der Waals surface area contributed by atoms with Gasteiger partial charge in [0.15, 0.2) is 0 Å². The Labute approximate surface area is 177 Å². The molecule has 1 atom stereocenters. The minimum absolute atomic E-state index is 0.280. The smallest absolute Gasteiger partial charge is 0.277 e. The summed E-state index contributed by atoms with van der Waals surface area (Å²) >= 11 is 23.7. The lowest BCUT2D eigenvalue weighted by molar-refractivity contribution is -0.394. The number of hydrogen-bond acceptors (Lipinski definition) is 6. The number of nitro groups is 2. The molecule has 0 saturated carbocycles. The Balaban J connectivity index is 2.35. The molecule has 2 rings (SSSR count). The SMILES string of the molecule is O=C(NC(Nc1ccccc1Cl)C(Cl)(Cl)Cl)c1cc([N+](=O)[O-])cc([N+](=O)[O-])c1. The number of nitrogens with zero attached hydrogens (tertiary/aromatic N) is 2. The van der Waals surface area contributed by atoms with E-state index in [1.165, 1.54) is 0 Å². The summed E-state index contributed by atoms with van der Waals surface area (Å²) in [5, 5.41) is 27.3. The van der Waals surface area contributed by atoms with Gasteiger partial charge in [-0.3, -0.25) is 25.0 Å². The van der Waals surface area contributed by atoms with Gasteiger partial charge in [-0.2, -0.15) is 0 Å². The van der Waals surface area contributed by atoms with Gasteiger partial charge >= 0.3 is 0 Å². The van der Waals surface area contributed by atoms with Crippen molar-refractivity contribution in [2.24, 2.45) is 0 Å². The molecule has 0 aliphatic heterocycles. The van der Waals surface area contributed by atoms with Gasteiger partial charge in [0.05, 0.1) is 32.2 Å². The second kappa shape index (κ2) is 8.78. The lowest BCUT2D eigenvalue weighted by Gasteiger charge is -2.27. The highest BCUT2D eigenvalue weighted by molar-refractivity contribution is 6.68. The van der Waals surface area contributed by atoms with E-state index in [1.54, 1.807) is 24.3 Å². The van der Waals surface area contributed by atoms with Crippen molar-refractivity contribution in [3.63, 3.8) is 0 Å². The molecule has 2 aromatic carbocycles. The van der Waals surface area contributed by atoms with Crippen LogP contribution in [0.2, 0.25) is 5.02 Å². The Morgan fingerprint density at radius 1 is 1.00 bits per heavy atom. The van der Waals surface area contributed by atoms with Crippen LogP contribution in [-0.2, 0) is 0 Å². The van der Waals surface area contributed by atoms with Crippen molar-refractivity contribution in [3.8, 4) is 0 Å². The highest BCUT2D eigenvalue weighted by Crippen LogP contribution is 2.33. The molecule has 2 aromatic rings. The van der Waals surface area contributed by atoms with E-state index >= 15 is 0 Å². The lowest BCUT2D eigenvalue weighted by Crippen LogP contribution is -2.49. The molecule has 13 heteroatoms. The van der Waals surface area contributed by atoms with E-state index in [0.717, 1.165) is 18.2 Å². The van der Waals surface area contributed by atoms with E-state index in [-0.39, 0.29) is 10.6 Å². The number of carbonyl (C=O) groups excluding carboxylic acids is 1. The van der Waals surface area contributed by atoms with Crippen LogP contribution >= 0.6 is 46.4 Å². The van der Waals surface area contributed by atoms with Gasteiger partial charge in [-0.15, -0.1) is 0 Å². The third kappa shape index (κ3) is 5.59. The molecular weight excluding hydrogens is 458 g/mol. The second-order valence-electron chi connectivity index (χ2n) is 5.32.